The van der Waals surface area contributed by atoms with Crippen molar-refractivity contribution in [1.82, 2.24) is 15.6 Å². The number of nitrogens with one attached hydrogen (secondary N) is 2. The fraction of sp³-hybridized carbons (Fsp3) is 0.412. The van der Waals surface area contributed by atoms with Crippen molar-refractivity contribution in [3.63, 3.8) is 0 Å². The zero-order chi connectivity index (χ0) is 17.4. The van der Waals surface area contributed by atoms with Gasteiger partial charge in [0.25, 0.3) is 0 Å². The van der Waals surface area contributed by atoms with Crippen molar-refractivity contribution >= 4 is 33.2 Å². The third-order valence-corrected chi connectivity index (χ3v) is 4.87. The molecule has 0 aliphatic heterocycles. The molecule has 1 aromatic heterocycles. The Hall–Kier alpha value is -1.60. The third kappa shape index (κ3) is 6.13. The van der Waals surface area contributed by atoms with Crippen LogP contribution in [0.2, 0.25) is 0 Å². The first-order chi connectivity index (χ1) is 11.6. The molecular formula is C17H23BrN4OS. The van der Waals surface area contributed by atoms with Crippen molar-refractivity contribution in [2.45, 2.75) is 26.4 Å². The third-order valence-electron chi connectivity index (χ3n) is 3.25. The van der Waals surface area contributed by atoms with Crippen LogP contribution in [0.3, 0.4) is 0 Å². The van der Waals surface area contributed by atoms with Gasteiger partial charge in [0.15, 0.2) is 5.96 Å². The summed E-state index contributed by atoms with van der Waals surface area (Å²) in [6.45, 7) is 5.56. The molecule has 0 saturated heterocycles. The van der Waals surface area contributed by atoms with Gasteiger partial charge in [-0.3, -0.25) is 4.99 Å². The number of hydrogen-bond acceptors (Lipinski definition) is 4. The molecule has 0 amide bonds. The zero-order valence-electron chi connectivity index (χ0n) is 14.2. The molecule has 24 heavy (non-hydrogen) atoms. The molecule has 0 spiro atoms. The minimum absolute atomic E-state index is 0.0175. The van der Waals surface area contributed by atoms with Gasteiger partial charge in [0, 0.05) is 31.1 Å². The quantitative estimate of drug-likeness (QED) is 0.542. The van der Waals surface area contributed by atoms with Crippen molar-refractivity contribution in [1.29, 1.82) is 0 Å². The zero-order valence-corrected chi connectivity index (χ0v) is 16.6. The molecule has 1 aromatic carbocycles. The van der Waals surface area contributed by atoms with Gasteiger partial charge in [-0.1, -0.05) is 12.1 Å². The molecular weight excluding hydrogens is 388 g/mol. The predicted molar refractivity (Wildman–Crippen MR) is 104 cm³/mol. The van der Waals surface area contributed by atoms with E-state index < -0.39 is 0 Å². The fourth-order valence-electron chi connectivity index (χ4n) is 2.06. The van der Waals surface area contributed by atoms with E-state index in [2.05, 4.69) is 43.5 Å². The number of nitrogens with zero attached hydrogens (tertiary/aromatic N) is 2. The van der Waals surface area contributed by atoms with Crippen molar-refractivity contribution in [2.75, 3.05) is 20.1 Å². The molecule has 2 N–H and O–H groups in total. The van der Waals surface area contributed by atoms with Crippen molar-refractivity contribution in [2.24, 2.45) is 4.99 Å². The Bertz CT molecular complexity index is 674. The lowest BCUT2D eigenvalue weighted by molar-refractivity contribution is 0.222. The Labute approximate surface area is 155 Å². The van der Waals surface area contributed by atoms with Crippen LogP contribution in [0.1, 0.15) is 16.8 Å². The van der Waals surface area contributed by atoms with Crippen molar-refractivity contribution in [3.8, 4) is 5.75 Å². The summed E-state index contributed by atoms with van der Waals surface area (Å²) in [7, 11) is 1.77. The van der Waals surface area contributed by atoms with Crippen molar-refractivity contribution < 1.29 is 4.74 Å². The first kappa shape index (κ1) is 18.7. The predicted octanol–water partition coefficient (Wildman–Crippen LogP) is 3.39. The van der Waals surface area contributed by atoms with E-state index in [1.807, 2.05) is 37.4 Å². The van der Waals surface area contributed by atoms with E-state index in [0.29, 0.717) is 6.54 Å². The van der Waals surface area contributed by atoms with E-state index in [1.165, 1.54) is 4.88 Å². The number of thiazole rings is 1. The van der Waals surface area contributed by atoms with Crippen LogP contribution in [-0.4, -0.2) is 37.2 Å². The molecule has 1 unspecified atom stereocenters. The van der Waals surface area contributed by atoms with Gasteiger partial charge in [0.2, 0.25) is 0 Å². The largest absolute Gasteiger partial charge is 0.488 e. The van der Waals surface area contributed by atoms with Gasteiger partial charge in [0.05, 0.1) is 16.0 Å². The number of aliphatic imine (C=N–C) groups is 1. The molecule has 0 aliphatic rings. The molecule has 1 atom stereocenters. The lowest BCUT2D eigenvalue weighted by Crippen LogP contribution is -2.42. The number of benzene rings is 1. The normalized spacial score (nSPS) is 12.8. The Morgan fingerprint density at radius 2 is 2.17 bits per heavy atom. The molecule has 0 aliphatic carbocycles. The average Bonchev–Trinajstić information content (AvgIpc) is 2.98. The minimum atomic E-state index is 0.0175. The van der Waals surface area contributed by atoms with Gasteiger partial charge < -0.3 is 15.4 Å². The van der Waals surface area contributed by atoms with Crippen LogP contribution in [-0.2, 0) is 6.42 Å². The summed E-state index contributed by atoms with van der Waals surface area (Å²) < 4.78 is 6.87. The van der Waals surface area contributed by atoms with Crippen LogP contribution in [0.15, 0.2) is 39.9 Å². The highest BCUT2D eigenvalue weighted by atomic mass is 79.9. The lowest BCUT2D eigenvalue weighted by atomic mass is 10.3. The van der Waals surface area contributed by atoms with E-state index in [1.54, 1.807) is 18.4 Å². The van der Waals surface area contributed by atoms with Crippen LogP contribution in [0.5, 0.6) is 5.75 Å². The van der Waals surface area contributed by atoms with Crippen LogP contribution >= 0.6 is 27.3 Å². The summed E-state index contributed by atoms with van der Waals surface area (Å²) in [6.07, 6.45) is 2.82. The van der Waals surface area contributed by atoms with E-state index >= 15 is 0 Å². The fourth-order valence-corrected chi connectivity index (χ4v) is 3.23. The van der Waals surface area contributed by atoms with Gasteiger partial charge in [-0.15, -0.1) is 11.3 Å². The van der Waals surface area contributed by atoms with E-state index in [-0.39, 0.29) is 6.10 Å². The van der Waals surface area contributed by atoms with Gasteiger partial charge in [-0.2, -0.15) is 0 Å². The van der Waals surface area contributed by atoms with Gasteiger partial charge in [-0.05, 0) is 41.9 Å². The number of guanidine groups is 1. The smallest absolute Gasteiger partial charge is 0.191 e. The molecule has 130 valence electrons. The number of halogens is 1. The molecule has 5 nitrogen and oxygen atoms in total. The summed E-state index contributed by atoms with van der Waals surface area (Å²) in [5.74, 6) is 1.61. The second kappa shape index (κ2) is 9.64. The van der Waals surface area contributed by atoms with Crippen LogP contribution in [0.25, 0.3) is 0 Å². The van der Waals surface area contributed by atoms with Gasteiger partial charge in [0.1, 0.15) is 11.9 Å². The first-order valence-corrected chi connectivity index (χ1v) is 9.46. The Morgan fingerprint density at radius 1 is 1.38 bits per heavy atom. The summed E-state index contributed by atoms with van der Waals surface area (Å²) >= 11 is 5.22. The molecule has 0 fully saturated rings. The Balaban J connectivity index is 1.71. The monoisotopic (exact) mass is 410 g/mol. The standard InChI is InChI=1S/C17H23BrN4OS/c1-12(23-15-7-5-4-6-14(15)18)10-22-17(19-3)20-9-8-16-21-11-13(2)24-16/h4-7,11-12H,8-10H2,1-3H3,(H2,19,20,22). The minimum Gasteiger partial charge on any atom is -0.488 e. The molecule has 0 bridgehead atoms. The molecule has 2 rings (SSSR count). The summed E-state index contributed by atoms with van der Waals surface area (Å²) in [5.41, 5.74) is 0. The number of hydrogen-bond donors (Lipinski definition) is 2. The van der Waals surface area contributed by atoms with Crippen LogP contribution < -0.4 is 15.4 Å². The summed E-state index contributed by atoms with van der Waals surface area (Å²) in [6, 6.07) is 7.84. The number of ether oxygens (including phenoxy) is 1. The maximum atomic E-state index is 5.92. The van der Waals surface area contributed by atoms with E-state index in [0.717, 1.165) is 34.2 Å². The first-order valence-electron chi connectivity index (χ1n) is 7.85. The highest BCUT2D eigenvalue weighted by molar-refractivity contribution is 9.10. The molecule has 7 heteroatoms. The second-order valence-electron chi connectivity index (χ2n) is 5.35. The Morgan fingerprint density at radius 3 is 2.83 bits per heavy atom. The van der Waals surface area contributed by atoms with Gasteiger partial charge in [-0.25, -0.2) is 4.98 Å². The highest BCUT2D eigenvalue weighted by Crippen LogP contribution is 2.24. The number of para-hydroxylation sites is 1. The number of rotatable bonds is 7. The average molecular weight is 411 g/mol. The Kier molecular flexibility index (Phi) is 7.52. The van der Waals surface area contributed by atoms with E-state index in [9.17, 15) is 0 Å². The maximum Gasteiger partial charge on any atom is 0.191 e. The topological polar surface area (TPSA) is 58.5 Å². The van der Waals surface area contributed by atoms with Crippen LogP contribution in [0.4, 0.5) is 0 Å². The lowest BCUT2D eigenvalue weighted by Gasteiger charge is -2.18. The SMILES string of the molecule is CN=C(NCCc1ncc(C)s1)NCC(C)Oc1ccccc1Br. The molecule has 0 saturated carbocycles. The number of aromatic nitrogens is 1. The van der Waals surface area contributed by atoms with Crippen molar-refractivity contribution in [3.05, 3.63) is 44.8 Å². The molecule has 2 aromatic rings. The summed E-state index contributed by atoms with van der Waals surface area (Å²) in [5, 5.41) is 7.72. The van der Waals surface area contributed by atoms with E-state index in [4.69, 9.17) is 4.74 Å². The molecule has 1 heterocycles. The highest BCUT2D eigenvalue weighted by Gasteiger charge is 2.08. The van der Waals surface area contributed by atoms with Crippen LogP contribution in [0, 0.1) is 6.92 Å². The van der Waals surface area contributed by atoms with Gasteiger partial charge >= 0.3 is 0 Å². The summed E-state index contributed by atoms with van der Waals surface area (Å²) in [4.78, 5) is 9.84. The number of aryl methyl sites for hydroxylation is 1. The maximum absolute atomic E-state index is 5.92. The second-order valence-corrected chi connectivity index (χ2v) is 7.53. The molecule has 0 radical (unpaired) electrons.